The number of amides is 1. The largest absolute Gasteiger partial charge is 0.372 e. The standard InChI is InChI=1S/C22H17BrN2O2S/c1-13-20(16-6-2-3-7-18(16)24-13)22(27)17-11-14(23)8-9-19(17)25(21(22)26)12-15-5-4-10-28-15/h2-11,24,27H,12H2,1H3. The van der Waals surface area contributed by atoms with Gasteiger partial charge < -0.3 is 15.0 Å². The van der Waals surface area contributed by atoms with Gasteiger partial charge in [-0.15, -0.1) is 11.3 Å². The highest BCUT2D eigenvalue weighted by atomic mass is 79.9. The van der Waals surface area contributed by atoms with Crippen molar-refractivity contribution >= 4 is 49.8 Å². The second-order valence-electron chi connectivity index (χ2n) is 7.01. The van der Waals surface area contributed by atoms with E-state index in [-0.39, 0.29) is 5.91 Å². The van der Waals surface area contributed by atoms with E-state index < -0.39 is 5.60 Å². The first-order valence-electron chi connectivity index (χ1n) is 8.94. The summed E-state index contributed by atoms with van der Waals surface area (Å²) in [7, 11) is 0. The van der Waals surface area contributed by atoms with E-state index in [1.165, 1.54) is 0 Å². The molecule has 2 aromatic carbocycles. The molecule has 0 fully saturated rings. The van der Waals surface area contributed by atoms with Crippen LogP contribution in [0.3, 0.4) is 0 Å². The van der Waals surface area contributed by atoms with Crippen molar-refractivity contribution in [2.75, 3.05) is 4.90 Å². The lowest BCUT2D eigenvalue weighted by Crippen LogP contribution is -2.41. The normalized spacial score (nSPS) is 18.8. The number of anilines is 1. The molecular weight excluding hydrogens is 436 g/mol. The van der Waals surface area contributed by atoms with E-state index in [0.717, 1.165) is 31.6 Å². The number of nitrogens with one attached hydrogen (secondary N) is 1. The predicted octanol–water partition coefficient (Wildman–Crippen LogP) is 5.08. The summed E-state index contributed by atoms with van der Waals surface area (Å²) in [4.78, 5) is 19.7. The van der Waals surface area contributed by atoms with Crippen LogP contribution >= 0.6 is 27.3 Å². The minimum Gasteiger partial charge on any atom is -0.372 e. The second kappa shape index (κ2) is 6.30. The molecule has 2 aromatic heterocycles. The molecule has 5 rings (SSSR count). The third-order valence-electron chi connectivity index (χ3n) is 5.34. The molecule has 1 aliphatic rings. The minimum absolute atomic E-state index is 0.318. The maximum absolute atomic E-state index is 13.7. The van der Waals surface area contributed by atoms with Gasteiger partial charge in [0.2, 0.25) is 0 Å². The number of rotatable bonds is 3. The van der Waals surface area contributed by atoms with Gasteiger partial charge in [0.15, 0.2) is 5.60 Å². The fraction of sp³-hybridized carbons (Fsp3) is 0.136. The Morgan fingerprint density at radius 3 is 2.79 bits per heavy atom. The number of aromatic amines is 1. The summed E-state index contributed by atoms with van der Waals surface area (Å²) >= 11 is 5.10. The van der Waals surface area contributed by atoms with Gasteiger partial charge in [-0.1, -0.05) is 40.2 Å². The Morgan fingerprint density at radius 1 is 1.18 bits per heavy atom. The number of fused-ring (bicyclic) bond motifs is 2. The van der Waals surface area contributed by atoms with Gasteiger partial charge in [0.25, 0.3) is 5.91 Å². The molecule has 140 valence electrons. The first kappa shape index (κ1) is 17.7. The molecule has 4 nitrogen and oxygen atoms in total. The molecule has 0 saturated carbocycles. The van der Waals surface area contributed by atoms with E-state index in [0.29, 0.717) is 17.7 Å². The number of nitrogens with zero attached hydrogens (tertiary/aromatic N) is 1. The zero-order valence-corrected chi connectivity index (χ0v) is 17.5. The molecule has 0 saturated heterocycles. The highest BCUT2D eigenvalue weighted by Crippen LogP contribution is 2.48. The number of H-pyrrole nitrogens is 1. The van der Waals surface area contributed by atoms with Gasteiger partial charge in [-0.2, -0.15) is 0 Å². The van der Waals surface area contributed by atoms with Crippen LogP contribution in [0.1, 0.15) is 21.7 Å². The Morgan fingerprint density at radius 2 is 2.00 bits per heavy atom. The van der Waals surface area contributed by atoms with E-state index in [1.54, 1.807) is 16.2 Å². The highest BCUT2D eigenvalue weighted by Gasteiger charge is 2.53. The van der Waals surface area contributed by atoms with Crippen molar-refractivity contribution in [2.45, 2.75) is 19.1 Å². The van der Waals surface area contributed by atoms with Crippen LogP contribution in [0.5, 0.6) is 0 Å². The Hall–Kier alpha value is -2.41. The summed E-state index contributed by atoms with van der Waals surface area (Å²) in [5.41, 5.74) is 1.94. The van der Waals surface area contributed by atoms with Gasteiger partial charge in [-0.25, -0.2) is 0 Å². The summed E-state index contributed by atoms with van der Waals surface area (Å²) in [6.07, 6.45) is 0. The number of halogens is 1. The van der Waals surface area contributed by atoms with E-state index in [1.807, 2.05) is 66.9 Å². The Labute approximate surface area is 174 Å². The van der Waals surface area contributed by atoms with E-state index in [9.17, 15) is 9.90 Å². The van der Waals surface area contributed by atoms with Crippen LogP contribution in [0.25, 0.3) is 10.9 Å². The van der Waals surface area contributed by atoms with Crippen LogP contribution in [-0.2, 0) is 16.9 Å². The lowest BCUT2D eigenvalue weighted by atomic mass is 9.85. The molecule has 1 unspecified atom stereocenters. The smallest absolute Gasteiger partial charge is 0.268 e. The average Bonchev–Trinajstić information content (AvgIpc) is 3.35. The predicted molar refractivity (Wildman–Crippen MR) is 116 cm³/mol. The topological polar surface area (TPSA) is 56.3 Å². The van der Waals surface area contributed by atoms with Gasteiger partial charge >= 0.3 is 0 Å². The summed E-state index contributed by atoms with van der Waals surface area (Å²) in [6.45, 7) is 2.34. The van der Waals surface area contributed by atoms with Gasteiger partial charge in [0.05, 0.1) is 12.2 Å². The second-order valence-corrected chi connectivity index (χ2v) is 8.96. The van der Waals surface area contributed by atoms with E-state index in [2.05, 4.69) is 20.9 Å². The quantitative estimate of drug-likeness (QED) is 0.455. The van der Waals surface area contributed by atoms with Crippen LogP contribution in [-0.4, -0.2) is 16.0 Å². The zero-order valence-electron chi connectivity index (χ0n) is 15.1. The molecule has 2 N–H and O–H groups in total. The van der Waals surface area contributed by atoms with Gasteiger partial charge in [0.1, 0.15) is 0 Å². The van der Waals surface area contributed by atoms with Crippen molar-refractivity contribution in [2.24, 2.45) is 0 Å². The van der Waals surface area contributed by atoms with Crippen molar-refractivity contribution in [1.29, 1.82) is 0 Å². The molecule has 0 aliphatic carbocycles. The van der Waals surface area contributed by atoms with Gasteiger partial charge in [-0.3, -0.25) is 4.79 Å². The van der Waals surface area contributed by atoms with Crippen LogP contribution in [0.2, 0.25) is 0 Å². The first-order valence-corrected chi connectivity index (χ1v) is 10.6. The zero-order chi connectivity index (χ0) is 19.5. The number of aromatic nitrogens is 1. The molecule has 0 radical (unpaired) electrons. The number of hydrogen-bond donors (Lipinski definition) is 2. The number of carbonyl (C=O) groups is 1. The van der Waals surface area contributed by atoms with Crippen molar-refractivity contribution < 1.29 is 9.90 Å². The Bertz CT molecular complexity index is 1210. The molecule has 0 spiro atoms. The number of para-hydroxylation sites is 1. The molecule has 6 heteroatoms. The van der Waals surface area contributed by atoms with Crippen LogP contribution in [0, 0.1) is 6.92 Å². The Kier molecular flexibility index (Phi) is 3.98. The first-order chi connectivity index (χ1) is 13.5. The maximum atomic E-state index is 13.7. The van der Waals surface area contributed by atoms with Crippen molar-refractivity contribution in [3.05, 3.63) is 86.1 Å². The summed E-state index contributed by atoms with van der Waals surface area (Å²) in [6, 6.07) is 17.4. The highest BCUT2D eigenvalue weighted by molar-refractivity contribution is 9.10. The monoisotopic (exact) mass is 452 g/mol. The summed E-state index contributed by atoms with van der Waals surface area (Å²) in [5, 5.41) is 14.8. The van der Waals surface area contributed by atoms with Gasteiger partial charge in [-0.05, 0) is 42.6 Å². The fourth-order valence-electron chi connectivity index (χ4n) is 4.15. The number of thiophene rings is 1. The van der Waals surface area contributed by atoms with Crippen LogP contribution in [0.4, 0.5) is 5.69 Å². The SMILES string of the molecule is Cc1[nH]c2ccccc2c1C1(O)C(=O)N(Cc2cccs2)c2ccc(Br)cc21. The molecule has 0 bridgehead atoms. The number of benzene rings is 2. The molecule has 28 heavy (non-hydrogen) atoms. The fourth-order valence-corrected chi connectivity index (χ4v) is 5.21. The third-order valence-corrected chi connectivity index (χ3v) is 6.70. The maximum Gasteiger partial charge on any atom is 0.268 e. The molecule has 1 atom stereocenters. The summed E-state index contributed by atoms with van der Waals surface area (Å²) in [5.74, 6) is -0.318. The van der Waals surface area contributed by atoms with E-state index >= 15 is 0 Å². The molecule has 1 aliphatic heterocycles. The Balaban J connectivity index is 1.76. The van der Waals surface area contributed by atoms with E-state index in [4.69, 9.17) is 0 Å². The molecular formula is C22H17BrN2O2S. The molecule has 4 aromatic rings. The lowest BCUT2D eigenvalue weighted by Gasteiger charge is -2.24. The van der Waals surface area contributed by atoms with Crippen molar-refractivity contribution in [3.63, 3.8) is 0 Å². The number of aliphatic hydroxyl groups is 1. The average molecular weight is 453 g/mol. The number of aryl methyl sites for hydroxylation is 1. The van der Waals surface area contributed by atoms with Gasteiger partial charge in [0, 0.05) is 37.1 Å². The van der Waals surface area contributed by atoms with Crippen LogP contribution in [0.15, 0.2) is 64.5 Å². The number of carbonyl (C=O) groups excluding carboxylic acids is 1. The minimum atomic E-state index is -1.74. The summed E-state index contributed by atoms with van der Waals surface area (Å²) < 4.78 is 0.827. The third kappa shape index (κ3) is 2.42. The molecule has 1 amide bonds. The van der Waals surface area contributed by atoms with Crippen LogP contribution < -0.4 is 4.90 Å². The number of hydrogen-bond acceptors (Lipinski definition) is 3. The van der Waals surface area contributed by atoms with Crippen molar-refractivity contribution in [1.82, 2.24) is 4.98 Å². The molecule has 3 heterocycles. The van der Waals surface area contributed by atoms with Crippen molar-refractivity contribution in [3.8, 4) is 0 Å². The lowest BCUT2D eigenvalue weighted by molar-refractivity contribution is -0.132.